The normalized spacial score (nSPS) is 18.4. The lowest BCUT2D eigenvalue weighted by Crippen LogP contribution is -2.43. The molecule has 0 unspecified atom stereocenters. The van der Waals surface area contributed by atoms with Gasteiger partial charge in [-0.1, -0.05) is 36.6 Å². The SMILES string of the molecule is O=C(CN1C(=O)C(=O)N(C2CCCC2)C1=O)NCc1cccc(Cl)c1. The fourth-order valence-corrected chi connectivity index (χ4v) is 3.41. The second-order valence-corrected chi connectivity index (χ2v) is 6.63. The van der Waals surface area contributed by atoms with Gasteiger partial charge in [0.25, 0.3) is 0 Å². The van der Waals surface area contributed by atoms with Gasteiger partial charge >= 0.3 is 17.8 Å². The van der Waals surface area contributed by atoms with Crippen LogP contribution in [0.1, 0.15) is 31.2 Å². The zero-order valence-electron chi connectivity index (χ0n) is 13.5. The lowest BCUT2D eigenvalue weighted by atomic mass is 10.2. The van der Waals surface area contributed by atoms with Gasteiger partial charge in [0.2, 0.25) is 5.91 Å². The number of carbonyl (C=O) groups excluding carboxylic acids is 4. The minimum Gasteiger partial charge on any atom is -0.350 e. The van der Waals surface area contributed by atoms with Gasteiger partial charge in [-0.05, 0) is 30.5 Å². The van der Waals surface area contributed by atoms with Crippen molar-refractivity contribution in [3.63, 3.8) is 0 Å². The minimum absolute atomic E-state index is 0.218. The smallest absolute Gasteiger partial charge is 0.334 e. The first-order chi connectivity index (χ1) is 12.0. The zero-order valence-corrected chi connectivity index (χ0v) is 14.3. The number of rotatable bonds is 5. The molecular weight excluding hydrogens is 346 g/mol. The third-order valence-electron chi connectivity index (χ3n) is 4.45. The number of benzene rings is 1. The van der Waals surface area contributed by atoms with Crippen molar-refractivity contribution in [3.8, 4) is 0 Å². The maximum atomic E-state index is 12.4. The predicted octanol–water partition coefficient (Wildman–Crippen LogP) is 1.69. The number of amides is 5. The fourth-order valence-electron chi connectivity index (χ4n) is 3.19. The molecule has 1 saturated heterocycles. The lowest BCUT2D eigenvalue weighted by Gasteiger charge is -2.20. The van der Waals surface area contributed by atoms with Gasteiger partial charge in [-0.3, -0.25) is 19.3 Å². The first-order valence-electron chi connectivity index (χ1n) is 8.17. The summed E-state index contributed by atoms with van der Waals surface area (Å²) in [6.45, 7) is -0.247. The monoisotopic (exact) mass is 363 g/mol. The van der Waals surface area contributed by atoms with E-state index in [-0.39, 0.29) is 12.6 Å². The Labute approximate surface area is 149 Å². The molecule has 2 fully saturated rings. The second kappa shape index (κ2) is 7.23. The Kier molecular flexibility index (Phi) is 5.03. The zero-order chi connectivity index (χ0) is 18.0. The highest BCUT2D eigenvalue weighted by Gasteiger charge is 2.48. The number of carbonyl (C=O) groups is 4. The first-order valence-corrected chi connectivity index (χ1v) is 8.55. The Morgan fingerprint density at radius 1 is 1.16 bits per heavy atom. The molecule has 0 atom stereocenters. The number of urea groups is 1. The van der Waals surface area contributed by atoms with Crippen molar-refractivity contribution in [2.24, 2.45) is 0 Å². The average Bonchev–Trinajstić information content (AvgIpc) is 3.17. The molecule has 0 radical (unpaired) electrons. The molecule has 0 aromatic heterocycles. The van der Waals surface area contributed by atoms with E-state index in [1.165, 1.54) is 0 Å². The topological polar surface area (TPSA) is 86.8 Å². The molecule has 1 aliphatic heterocycles. The first kappa shape index (κ1) is 17.4. The van der Waals surface area contributed by atoms with Crippen LogP contribution in [0.2, 0.25) is 5.02 Å². The number of hydrogen-bond acceptors (Lipinski definition) is 4. The summed E-state index contributed by atoms with van der Waals surface area (Å²) in [7, 11) is 0. The molecule has 1 heterocycles. The Hall–Kier alpha value is -2.41. The quantitative estimate of drug-likeness (QED) is 0.637. The van der Waals surface area contributed by atoms with Gasteiger partial charge in [0.15, 0.2) is 0 Å². The summed E-state index contributed by atoms with van der Waals surface area (Å²) in [6, 6.07) is 6.05. The van der Waals surface area contributed by atoms with E-state index in [2.05, 4.69) is 5.32 Å². The van der Waals surface area contributed by atoms with E-state index in [1.54, 1.807) is 24.3 Å². The van der Waals surface area contributed by atoms with Crippen molar-refractivity contribution in [1.82, 2.24) is 15.1 Å². The highest BCUT2D eigenvalue weighted by Crippen LogP contribution is 2.27. The molecule has 1 aromatic rings. The van der Waals surface area contributed by atoms with Crippen molar-refractivity contribution in [2.45, 2.75) is 38.3 Å². The van der Waals surface area contributed by atoms with Gasteiger partial charge in [0, 0.05) is 17.6 Å². The van der Waals surface area contributed by atoms with E-state index in [4.69, 9.17) is 11.6 Å². The molecule has 25 heavy (non-hydrogen) atoms. The molecule has 7 nitrogen and oxygen atoms in total. The van der Waals surface area contributed by atoms with E-state index < -0.39 is 30.3 Å². The van der Waals surface area contributed by atoms with Crippen LogP contribution in [0, 0.1) is 0 Å². The average molecular weight is 364 g/mol. The summed E-state index contributed by atoms with van der Waals surface area (Å²) in [6.07, 6.45) is 3.27. The molecule has 1 saturated carbocycles. The van der Waals surface area contributed by atoms with Crippen LogP contribution in [0.5, 0.6) is 0 Å². The maximum Gasteiger partial charge on any atom is 0.334 e. The van der Waals surface area contributed by atoms with Crippen molar-refractivity contribution < 1.29 is 19.2 Å². The van der Waals surface area contributed by atoms with Crippen LogP contribution in [0.25, 0.3) is 0 Å². The Bertz CT molecular complexity index is 730. The molecule has 1 N–H and O–H groups in total. The van der Waals surface area contributed by atoms with Gasteiger partial charge < -0.3 is 5.32 Å². The van der Waals surface area contributed by atoms with Crippen LogP contribution in [0.4, 0.5) is 4.79 Å². The number of hydrogen-bond donors (Lipinski definition) is 1. The van der Waals surface area contributed by atoms with E-state index in [1.807, 2.05) is 0 Å². The van der Waals surface area contributed by atoms with Crippen LogP contribution in [0.15, 0.2) is 24.3 Å². The predicted molar refractivity (Wildman–Crippen MR) is 89.5 cm³/mol. The standard InChI is InChI=1S/C17H18ClN3O4/c18-12-5-3-4-11(8-12)9-19-14(22)10-20-15(23)16(24)21(17(20)25)13-6-1-2-7-13/h3-5,8,13H,1-2,6-7,9-10H2,(H,19,22). The summed E-state index contributed by atoms with van der Waals surface area (Å²) >= 11 is 5.88. The van der Waals surface area contributed by atoms with Gasteiger partial charge in [-0.25, -0.2) is 9.69 Å². The third-order valence-corrected chi connectivity index (χ3v) is 4.69. The molecule has 0 spiro atoms. The van der Waals surface area contributed by atoms with Gasteiger partial charge in [0.05, 0.1) is 0 Å². The summed E-state index contributed by atoms with van der Waals surface area (Å²) in [5.74, 6) is -2.28. The van der Waals surface area contributed by atoms with E-state index >= 15 is 0 Å². The van der Waals surface area contributed by atoms with Crippen LogP contribution in [-0.4, -0.2) is 46.1 Å². The van der Waals surface area contributed by atoms with E-state index in [0.717, 1.165) is 23.3 Å². The number of nitrogens with zero attached hydrogens (tertiary/aromatic N) is 2. The molecule has 8 heteroatoms. The molecule has 2 aliphatic rings. The maximum absolute atomic E-state index is 12.4. The van der Waals surface area contributed by atoms with Crippen molar-refractivity contribution in [3.05, 3.63) is 34.9 Å². The summed E-state index contributed by atoms with van der Waals surface area (Å²) in [5, 5.41) is 3.17. The summed E-state index contributed by atoms with van der Waals surface area (Å²) in [5.41, 5.74) is 0.795. The molecule has 132 valence electrons. The van der Waals surface area contributed by atoms with E-state index in [9.17, 15) is 19.2 Å². The Balaban J connectivity index is 1.59. The number of imide groups is 2. The van der Waals surface area contributed by atoms with Gasteiger partial charge in [0.1, 0.15) is 6.54 Å². The fraction of sp³-hybridized carbons (Fsp3) is 0.412. The lowest BCUT2D eigenvalue weighted by molar-refractivity contribution is -0.144. The second-order valence-electron chi connectivity index (χ2n) is 6.19. The van der Waals surface area contributed by atoms with Crippen LogP contribution in [-0.2, 0) is 20.9 Å². The van der Waals surface area contributed by atoms with Crippen LogP contribution < -0.4 is 5.32 Å². The van der Waals surface area contributed by atoms with Crippen molar-refractivity contribution >= 4 is 35.4 Å². The van der Waals surface area contributed by atoms with Gasteiger partial charge in [-0.15, -0.1) is 0 Å². The third kappa shape index (κ3) is 3.66. The largest absolute Gasteiger partial charge is 0.350 e. The Morgan fingerprint density at radius 2 is 1.88 bits per heavy atom. The van der Waals surface area contributed by atoms with Crippen molar-refractivity contribution in [1.29, 1.82) is 0 Å². The summed E-state index contributed by atoms with van der Waals surface area (Å²) in [4.78, 5) is 50.3. The minimum atomic E-state index is -0.935. The molecular formula is C17H18ClN3O4. The molecule has 5 amide bonds. The summed E-state index contributed by atoms with van der Waals surface area (Å²) < 4.78 is 0. The van der Waals surface area contributed by atoms with E-state index in [0.29, 0.717) is 22.8 Å². The highest BCUT2D eigenvalue weighted by molar-refractivity contribution is 6.45. The number of halogens is 1. The highest BCUT2D eigenvalue weighted by atomic mass is 35.5. The van der Waals surface area contributed by atoms with Crippen LogP contribution >= 0.6 is 11.6 Å². The Morgan fingerprint density at radius 3 is 2.56 bits per heavy atom. The molecule has 1 aromatic carbocycles. The molecule has 3 rings (SSSR count). The van der Waals surface area contributed by atoms with Crippen molar-refractivity contribution in [2.75, 3.05) is 6.54 Å². The molecule has 0 bridgehead atoms. The van der Waals surface area contributed by atoms with Gasteiger partial charge in [-0.2, -0.15) is 0 Å². The molecule has 1 aliphatic carbocycles. The number of nitrogens with one attached hydrogen (secondary N) is 1. The van der Waals surface area contributed by atoms with Crippen LogP contribution in [0.3, 0.4) is 0 Å².